The Morgan fingerprint density at radius 2 is 1.93 bits per heavy atom. The molecule has 7 heteroatoms. The van der Waals surface area contributed by atoms with E-state index in [0.717, 1.165) is 34.0 Å². The Hall–Kier alpha value is -2.60. The third kappa shape index (κ3) is 4.12. The molecule has 0 saturated heterocycles. The Bertz CT molecular complexity index is 1000. The van der Waals surface area contributed by atoms with E-state index in [9.17, 15) is 4.79 Å². The van der Waals surface area contributed by atoms with Gasteiger partial charge >= 0.3 is 0 Å². The summed E-state index contributed by atoms with van der Waals surface area (Å²) in [5.41, 5.74) is 5.48. The quantitative estimate of drug-likeness (QED) is 0.658. The van der Waals surface area contributed by atoms with Crippen LogP contribution in [0.25, 0.3) is 0 Å². The van der Waals surface area contributed by atoms with Crippen molar-refractivity contribution in [1.82, 2.24) is 19.6 Å². The topological polar surface area (TPSA) is 64.7 Å². The van der Waals surface area contributed by atoms with Gasteiger partial charge < -0.3 is 5.32 Å². The third-order valence-electron chi connectivity index (χ3n) is 4.85. The molecule has 2 heterocycles. The highest BCUT2D eigenvalue weighted by Gasteiger charge is 2.23. The molecule has 1 unspecified atom stereocenters. The standard InChI is InChI=1S/C21H26ClN5O/c1-6-19(27-16(5)20(22)15(4)25-27)21(28)23-18-9-7-8-17(11-18)12-26-14(3)10-13(2)24-26/h7-11,19H,6,12H2,1-5H3,(H,23,28). The van der Waals surface area contributed by atoms with Gasteiger partial charge in [-0.15, -0.1) is 0 Å². The minimum atomic E-state index is -0.411. The van der Waals surface area contributed by atoms with E-state index in [2.05, 4.69) is 21.6 Å². The molecule has 1 N–H and O–H groups in total. The molecule has 0 spiro atoms. The van der Waals surface area contributed by atoms with Gasteiger partial charge in [0.25, 0.3) is 0 Å². The minimum Gasteiger partial charge on any atom is -0.324 e. The first-order valence-electron chi connectivity index (χ1n) is 9.42. The summed E-state index contributed by atoms with van der Waals surface area (Å²) in [5, 5.41) is 12.6. The SMILES string of the molecule is CCC(C(=O)Nc1cccc(Cn2nc(C)cc2C)c1)n1nc(C)c(Cl)c1C. The van der Waals surface area contributed by atoms with E-state index in [1.54, 1.807) is 4.68 Å². The van der Waals surface area contributed by atoms with Crippen molar-refractivity contribution in [3.05, 3.63) is 63.7 Å². The maximum atomic E-state index is 12.9. The average Bonchev–Trinajstić information content (AvgIpc) is 3.09. The first-order valence-corrected chi connectivity index (χ1v) is 9.80. The molecule has 148 valence electrons. The van der Waals surface area contributed by atoms with Gasteiger partial charge in [-0.05, 0) is 57.9 Å². The third-order valence-corrected chi connectivity index (χ3v) is 5.40. The molecule has 2 aromatic heterocycles. The molecule has 6 nitrogen and oxygen atoms in total. The van der Waals surface area contributed by atoms with Gasteiger partial charge in [0.15, 0.2) is 0 Å². The Morgan fingerprint density at radius 1 is 1.18 bits per heavy atom. The number of hydrogen-bond acceptors (Lipinski definition) is 3. The second-order valence-corrected chi connectivity index (χ2v) is 7.51. The zero-order chi connectivity index (χ0) is 20.4. The molecule has 1 atom stereocenters. The van der Waals surface area contributed by atoms with E-state index < -0.39 is 6.04 Å². The van der Waals surface area contributed by atoms with E-state index in [4.69, 9.17) is 11.6 Å². The lowest BCUT2D eigenvalue weighted by atomic mass is 10.1. The van der Waals surface area contributed by atoms with Gasteiger partial charge in [-0.1, -0.05) is 30.7 Å². The van der Waals surface area contributed by atoms with Crippen LogP contribution in [0.15, 0.2) is 30.3 Å². The molecule has 0 aliphatic carbocycles. The van der Waals surface area contributed by atoms with Crippen molar-refractivity contribution < 1.29 is 4.79 Å². The van der Waals surface area contributed by atoms with Gasteiger partial charge in [0.2, 0.25) is 5.91 Å². The molecule has 3 aromatic rings. The van der Waals surface area contributed by atoms with Crippen LogP contribution >= 0.6 is 11.6 Å². The van der Waals surface area contributed by atoms with E-state index in [0.29, 0.717) is 18.0 Å². The molecule has 3 rings (SSSR count). The number of rotatable bonds is 6. The van der Waals surface area contributed by atoms with E-state index in [-0.39, 0.29) is 5.91 Å². The zero-order valence-corrected chi connectivity index (χ0v) is 17.7. The lowest BCUT2D eigenvalue weighted by molar-refractivity contribution is -0.119. The second-order valence-electron chi connectivity index (χ2n) is 7.13. The number of carbonyl (C=O) groups excluding carboxylic acids is 1. The Morgan fingerprint density at radius 3 is 2.50 bits per heavy atom. The number of benzene rings is 1. The van der Waals surface area contributed by atoms with Crippen LogP contribution < -0.4 is 5.32 Å². The number of anilines is 1. The first-order chi connectivity index (χ1) is 13.3. The minimum absolute atomic E-state index is 0.104. The molecule has 0 saturated carbocycles. The van der Waals surface area contributed by atoms with Crippen LogP contribution in [0, 0.1) is 27.7 Å². The van der Waals surface area contributed by atoms with Crippen molar-refractivity contribution in [2.75, 3.05) is 5.32 Å². The maximum Gasteiger partial charge on any atom is 0.249 e. The van der Waals surface area contributed by atoms with Gasteiger partial charge in [0.05, 0.1) is 28.6 Å². The first kappa shape index (κ1) is 20.1. The summed E-state index contributed by atoms with van der Waals surface area (Å²) >= 11 is 6.25. The van der Waals surface area contributed by atoms with Gasteiger partial charge in [-0.2, -0.15) is 10.2 Å². The highest BCUT2D eigenvalue weighted by Crippen LogP contribution is 2.25. The van der Waals surface area contributed by atoms with Crippen LogP contribution in [0.4, 0.5) is 5.69 Å². The molecule has 0 aliphatic heterocycles. The summed E-state index contributed by atoms with van der Waals surface area (Å²) < 4.78 is 3.68. The average molecular weight is 400 g/mol. The number of halogens is 1. The van der Waals surface area contributed by atoms with Gasteiger partial charge in [-0.3, -0.25) is 14.2 Å². The smallest absolute Gasteiger partial charge is 0.249 e. The molecule has 0 bridgehead atoms. The van der Waals surface area contributed by atoms with Crippen LogP contribution in [0.1, 0.15) is 47.7 Å². The Balaban J connectivity index is 1.78. The fraction of sp³-hybridized carbons (Fsp3) is 0.381. The van der Waals surface area contributed by atoms with E-state index in [1.165, 1.54) is 0 Å². The van der Waals surface area contributed by atoms with Crippen molar-refractivity contribution >= 4 is 23.2 Å². The maximum absolute atomic E-state index is 12.9. The lowest BCUT2D eigenvalue weighted by Crippen LogP contribution is -2.27. The number of aromatic nitrogens is 4. The number of amides is 1. The molecule has 0 radical (unpaired) electrons. The van der Waals surface area contributed by atoms with Crippen molar-refractivity contribution in [2.45, 2.75) is 53.6 Å². The highest BCUT2D eigenvalue weighted by atomic mass is 35.5. The Labute approximate surface area is 170 Å². The van der Waals surface area contributed by atoms with E-state index in [1.807, 2.05) is 63.6 Å². The Kier molecular flexibility index (Phi) is 5.89. The molecule has 0 fully saturated rings. The van der Waals surface area contributed by atoms with Crippen LogP contribution in [-0.2, 0) is 11.3 Å². The van der Waals surface area contributed by atoms with Crippen LogP contribution in [0.2, 0.25) is 5.02 Å². The lowest BCUT2D eigenvalue weighted by Gasteiger charge is -2.17. The summed E-state index contributed by atoms with van der Waals surface area (Å²) in [4.78, 5) is 12.9. The van der Waals surface area contributed by atoms with Crippen LogP contribution in [-0.4, -0.2) is 25.5 Å². The summed E-state index contributed by atoms with van der Waals surface area (Å²) in [6.45, 7) is 10.4. The molecule has 1 aromatic carbocycles. The van der Waals surface area contributed by atoms with Gasteiger partial charge in [0.1, 0.15) is 6.04 Å². The number of aryl methyl sites for hydroxylation is 3. The molecule has 1 amide bonds. The largest absolute Gasteiger partial charge is 0.324 e. The normalized spacial score (nSPS) is 12.2. The predicted octanol–water partition coefficient (Wildman–Crippen LogP) is 4.60. The van der Waals surface area contributed by atoms with Crippen LogP contribution in [0.3, 0.4) is 0 Å². The summed E-state index contributed by atoms with van der Waals surface area (Å²) in [7, 11) is 0. The number of nitrogens with one attached hydrogen (secondary N) is 1. The fourth-order valence-corrected chi connectivity index (χ4v) is 3.52. The van der Waals surface area contributed by atoms with Gasteiger partial charge in [0, 0.05) is 11.4 Å². The van der Waals surface area contributed by atoms with Crippen molar-refractivity contribution in [3.63, 3.8) is 0 Å². The molecule has 28 heavy (non-hydrogen) atoms. The van der Waals surface area contributed by atoms with E-state index >= 15 is 0 Å². The summed E-state index contributed by atoms with van der Waals surface area (Å²) in [5.74, 6) is -0.104. The highest BCUT2D eigenvalue weighted by molar-refractivity contribution is 6.31. The number of nitrogens with zero attached hydrogens (tertiary/aromatic N) is 4. The van der Waals surface area contributed by atoms with Gasteiger partial charge in [-0.25, -0.2) is 0 Å². The monoisotopic (exact) mass is 399 g/mol. The number of carbonyl (C=O) groups is 1. The van der Waals surface area contributed by atoms with Crippen LogP contribution in [0.5, 0.6) is 0 Å². The zero-order valence-electron chi connectivity index (χ0n) is 17.0. The summed E-state index contributed by atoms with van der Waals surface area (Å²) in [6.07, 6.45) is 0.621. The van der Waals surface area contributed by atoms with Crippen molar-refractivity contribution in [2.24, 2.45) is 0 Å². The molecular weight excluding hydrogens is 374 g/mol. The summed E-state index contributed by atoms with van der Waals surface area (Å²) in [6, 6.07) is 9.49. The second kappa shape index (κ2) is 8.19. The predicted molar refractivity (Wildman–Crippen MR) is 112 cm³/mol. The van der Waals surface area contributed by atoms with Crippen molar-refractivity contribution in [1.29, 1.82) is 0 Å². The van der Waals surface area contributed by atoms with Crippen molar-refractivity contribution in [3.8, 4) is 0 Å². The fourth-order valence-electron chi connectivity index (χ4n) is 3.40. The molecule has 0 aliphatic rings. The number of hydrogen-bond donors (Lipinski definition) is 1. The molecular formula is C21H26ClN5O.